The summed E-state index contributed by atoms with van der Waals surface area (Å²) in [4.78, 5) is 12.2. The second kappa shape index (κ2) is 6.07. The maximum atomic E-state index is 12.2. The quantitative estimate of drug-likeness (QED) is 0.360. The number of piperidine rings is 1. The first-order chi connectivity index (χ1) is 13.2. The molecule has 0 amide bonds. The molecule has 4 atom stereocenters. The normalized spacial score (nSPS) is 37.2. The maximum absolute atomic E-state index is 12.2. The number of allylic oxidation sites excluding steroid dienone is 2. The molecule has 0 unspecified atom stereocenters. The summed E-state index contributed by atoms with van der Waals surface area (Å²) >= 11 is 0. The van der Waals surface area contributed by atoms with Crippen LogP contribution in [0.4, 0.5) is 5.69 Å². The molecule has 1 spiro atoms. The molecule has 0 radical (unpaired) electrons. The van der Waals surface area contributed by atoms with Crippen molar-refractivity contribution in [3.05, 3.63) is 52.7 Å². The summed E-state index contributed by atoms with van der Waals surface area (Å²) in [6, 6.07) is 9.41. The number of carbonyl (C=O) groups excluding carboxylic acids is 1. The van der Waals surface area contributed by atoms with Crippen molar-refractivity contribution in [1.29, 1.82) is 0 Å². The van der Waals surface area contributed by atoms with Crippen LogP contribution >= 0.6 is 0 Å². The van der Waals surface area contributed by atoms with Crippen LogP contribution in [-0.2, 0) is 10.2 Å². The van der Waals surface area contributed by atoms with Crippen molar-refractivity contribution >= 4 is 12.0 Å². The number of nitrogens with one attached hydrogen (secondary N) is 1. The van der Waals surface area contributed by atoms with Crippen LogP contribution in [-0.4, -0.2) is 36.4 Å². The van der Waals surface area contributed by atoms with Crippen LogP contribution < -0.4 is 5.32 Å². The summed E-state index contributed by atoms with van der Waals surface area (Å²) < 4.78 is 1.24. The van der Waals surface area contributed by atoms with Gasteiger partial charge in [-0.05, 0) is 37.0 Å². The predicted octanol–water partition coefficient (Wildman–Crippen LogP) is 4.56. The Hall–Kier alpha value is -1.87. The van der Waals surface area contributed by atoms with Crippen LogP contribution in [0, 0.1) is 5.92 Å². The molecule has 27 heavy (non-hydrogen) atoms. The lowest BCUT2D eigenvalue weighted by atomic mass is 9.61. The number of quaternary nitrogens is 1. The van der Waals surface area contributed by atoms with E-state index in [1.54, 1.807) is 0 Å². The van der Waals surface area contributed by atoms with Crippen molar-refractivity contribution in [1.82, 2.24) is 0 Å². The van der Waals surface area contributed by atoms with Crippen LogP contribution in [0.2, 0.25) is 0 Å². The van der Waals surface area contributed by atoms with Crippen molar-refractivity contribution in [3.8, 4) is 0 Å². The monoisotopic (exact) mass is 363 g/mol. The fourth-order valence-corrected chi connectivity index (χ4v) is 6.91. The third-order valence-electron chi connectivity index (χ3n) is 8.07. The third-order valence-corrected chi connectivity index (χ3v) is 8.07. The third kappa shape index (κ3) is 2.09. The Morgan fingerprint density at radius 2 is 2.15 bits per heavy atom. The van der Waals surface area contributed by atoms with Crippen LogP contribution in [0.15, 0.2) is 47.2 Å². The predicted molar refractivity (Wildman–Crippen MR) is 109 cm³/mol. The van der Waals surface area contributed by atoms with Crippen molar-refractivity contribution in [3.63, 3.8) is 0 Å². The van der Waals surface area contributed by atoms with Crippen molar-refractivity contribution < 1.29 is 9.28 Å². The van der Waals surface area contributed by atoms with E-state index < -0.39 is 0 Å². The zero-order valence-electron chi connectivity index (χ0n) is 16.6. The minimum absolute atomic E-state index is 0.0365. The molecule has 1 N–H and O–H groups in total. The van der Waals surface area contributed by atoms with Gasteiger partial charge in [0, 0.05) is 35.7 Å². The van der Waals surface area contributed by atoms with Gasteiger partial charge in [-0.15, -0.1) is 0 Å². The molecule has 5 rings (SSSR count). The van der Waals surface area contributed by atoms with Gasteiger partial charge in [0.1, 0.15) is 18.9 Å². The van der Waals surface area contributed by atoms with Crippen molar-refractivity contribution in [2.75, 3.05) is 25.0 Å². The van der Waals surface area contributed by atoms with Gasteiger partial charge in [-0.2, -0.15) is 0 Å². The number of fused-ring (bicyclic) bond motifs is 2. The molecule has 3 heteroatoms. The molecule has 2 saturated heterocycles. The lowest BCUT2D eigenvalue weighted by Crippen LogP contribution is -2.63. The number of rotatable bonds is 5. The van der Waals surface area contributed by atoms with E-state index in [4.69, 9.17) is 0 Å². The minimum atomic E-state index is 0.0365. The highest BCUT2D eigenvalue weighted by atomic mass is 16.1. The molecule has 0 saturated carbocycles. The van der Waals surface area contributed by atoms with Crippen LogP contribution in [0.5, 0.6) is 0 Å². The number of carbonyl (C=O) groups is 1. The van der Waals surface area contributed by atoms with E-state index in [1.807, 2.05) is 0 Å². The Morgan fingerprint density at radius 1 is 1.30 bits per heavy atom. The highest BCUT2D eigenvalue weighted by Gasteiger charge is 2.68. The first-order valence-corrected chi connectivity index (χ1v) is 10.8. The lowest BCUT2D eigenvalue weighted by molar-refractivity contribution is -0.941. The molecule has 1 aromatic carbocycles. The standard InChI is InChI=1S/C24H30N2O/c1-3-5-8-12-26-13-11-24-20-9-6-7-10-21(20)25-23(24)19(16-27)18(14-22(24)26)17(4-2)15-26/h4,6-7,9-10,16,18,22H,3,5,8,11-15H2,1-2H3/p+1/b17-4-/t18-,22-,24+,26-/m0/s1. The number of unbranched alkanes of at least 4 members (excludes halogenated alkanes) is 2. The molecule has 3 aliphatic heterocycles. The summed E-state index contributed by atoms with van der Waals surface area (Å²) in [6.07, 6.45) is 9.70. The van der Waals surface area contributed by atoms with Gasteiger partial charge >= 0.3 is 0 Å². The number of benzene rings is 1. The molecule has 142 valence electrons. The molecule has 2 bridgehead atoms. The zero-order valence-corrected chi connectivity index (χ0v) is 16.6. The molecule has 4 aliphatic rings. The summed E-state index contributed by atoms with van der Waals surface area (Å²) in [5.74, 6) is 0.318. The van der Waals surface area contributed by atoms with Gasteiger partial charge in [0.15, 0.2) is 0 Å². The van der Waals surface area contributed by atoms with Gasteiger partial charge in [-0.1, -0.05) is 37.6 Å². The Kier molecular flexibility index (Phi) is 3.87. The van der Waals surface area contributed by atoms with Crippen molar-refractivity contribution in [2.24, 2.45) is 5.92 Å². The molecular formula is C24H31N2O+. The Labute approximate surface area is 162 Å². The molecule has 2 fully saturated rings. The Bertz CT molecular complexity index is 854. The summed E-state index contributed by atoms with van der Waals surface area (Å²) in [7, 11) is 0. The van der Waals surface area contributed by atoms with E-state index in [1.165, 1.54) is 65.8 Å². The highest BCUT2D eigenvalue weighted by molar-refractivity contribution is 5.84. The largest absolute Gasteiger partial charge is 0.357 e. The first-order valence-electron chi connectivity index (χ1n) is 10.8. The topological polar surface area (TPSA) is 29.1 Å². The molecule has 3 heterocycles. The first kappa shape index (κ1) is 17.2. The van der Waals surface area contributed by atoms with Gasteiger partial charge in [0.25, 0.3) is 0 Å². The molecule has 0 aromatic heterocycles. The van der Waals surface area contributed by atoms with Gasteiger partial charge < -0.3 is 9.80 Å². The summed E-state index contributed by atoms with van der Waals surface area (Å²) in [5.41, 5.74) is 6.48. The fourth-order valence-electron chi connectivity index (χ4n) is 6.91. The number of aldehydes is 1. The molecule has 1 aliphatic carbocycles. The number of hydrogen-bond acceptors (Lipinski definition) is 2. The Morgan fingerprint density at radius 3 is 2.93 bits per heavy atom. The van der Waals surface area contributed by atoms with E-state index in [0.29, 0.717) is 12.0 Å². The van der Waals surface area contributed by atoms with E-state index in [2.05, 4.69) is 49.5 Å². The van der Waals surface area contributed by atoms with Crippen LogP contribution in [0.25, 0.3) is 0 Å². The van der Waals surface area contributed by atoms with Gasteiger partial charge in [0.2, 0.25) is 0 Å². The Balaban J connectivity index is 1.71. The number of nitrogens with zero attached hydrogens (tertiary/aromatic N) is 1. The smallest absolute Gasteiger partial charge is 0.148 e. The summed E-state index contributed by atoms with van der Waals surface area (Å²) in [5, 5.41) is 3.72. The lowest BCUT2D eigenvalue weighted by Gasteiger charge is -2.53. The second-order valence-corrected chi connectivity index (χ2v) is 9.04. The maximum Gasteiger partial charge on any atom is 0.148 e. The van der Waals surface area contributed by atoms with Gasteiger partial charge in [-0.3, -0.25) is 4.79 Å². The van der Waals surface area contributed by atoms with E-state index >= 15 is 0 Å². The number of para-hydroxylation sites is 1. The van der Waals surface area contributed by atoms with E-state index in [9.17, 15) is 4.79 Å². The molecular weight excluding hydrogens is 332 g/mol. The second-order valence-electron chi connectivity index (χ2n) is 9.04. The number of anilines is 1. The zero-order chi connectivity index (χ0) is 18.6. The highest BCUT2D eigenvalue weighted by Crippen LogP contribution is 2.63. The van der Waals surface area contributed by atoms with E-state index in [-0.39, 0.29) is 5.41 Å². The van der Waals surface area contributed by atoms with E-state index in [0.717, 1.165) is 24.8 Å². The van der Waals surface area contributed by atoms with Crippen LogP contribution in [0.3, 0.4) is 0 Å². The SMILES string of the molecule is C/C=C1/C[N@+]2(CCCCC)CC[C@]34C(=C(C=O)[C@H]1C[C@@H]32)Nc1ccccc14. The number of hydrogen-bond donors (Lipinski definition) is 1. The molecule has 1 aromatic rings. The van der Waals surface area contributed by atoms with Gasteiger partial charge in [-0.25, -0.2) is 0 Å². The van der Waals surface area contributed by atoms with Gasteiger partial charge in [0.05, 0.1) is 18.5 Å². The molecule has 3 nitrogen and oxygen atoms in total. The van der Waals surface area contributed by atoms with Crippen LogP contribution in [0.1, 0.15) is 51.5 Å². The van der Waals surface area contributed by atoms with Crippen molar-refractivity contribution in [2.45, 2.75) is 57.4 Å². The summed E-state index contributed by atoms with van der Waals surface area (Å²) in [6.45, 7) is 8.13. The minimum Gasteiger partial charge on any atom is -0.357 e. The average molecular weight is 364 g/mol. The fraction of sp³-hybridized carbons (Fsp3) is 0.542. The average Bonchev–Trinajstić information content (AvgIpc) is 3.22.